The van der Waals surface area contributed by atoms with Crippen LogP contribution in [0.5, 0.6) is 0 Å². The molecule has 2 N–H and O–H groups in total. The molecule has 1 aliphatic carbocycles. The Bertz CT molecular complexity index is 901. The fraction of sp³-hybridized carbons (Fsp3) is 0.455. The van der Waals surface area contributed by atoms with Gasteiger partial charge in [-0.3, -0.25) is 9.88 Å². The highest BCUT2D eigenvalue weighted by Crippen LogP contribution is 2.33. The average Bonchev–Trinajstić information content (AvgIpc) is 3.11. The Morgan fingerprint density at radius 1 is 1.26 bits per heavy atom. The Kier molecular flexibility index (Phi) is 5.50. The number of hydrogen-bond donors (Lipinski definition) is 1. The van der Waals surface area contributed by atoms with E-state index in [0.29, 0.717) is 6.04 Å². The van der Waals surface area contributed by atoms with E-state index < -0.39 is 0 Å². The number of fused-ring (bicyclic) bond motifs is 2. The molecule has 3 aromatic heterocycles. The molecule has 1 unspecified atom stereocenters. The molecule has 1 atom stereocenters. The third kappa shape index (κ3) is 3.89. The van der Waals surface area contributed by atoms with Gasteiger partial charge in [-0.25, -0.2) is 4.98 Å². The van der Waals surface area contributed by atoms with E-state index in [1.54, 1.807) is 0 Å². The molecule has 0 fully saturated rings. The summed E-state index contributed by atoms with van der Waals surface area (Å²) in [5.41, 5.74) is 11.8. The molecule has 0 spiro atoms. The maximum Gasteiger partial charge on any atom is 0.139 e. The summed E-state index contributed by atoms with van der Waals surface area (Å²) in [4.78, 5) is 12.2. The number of nitrogens with zero attached hydrogens (tertiary/aromatic N) is 4. The normalized spacial score (nSPS) is 16.8. The number of rotatable bonds is 7. The Labute approximate surface area is 161 Å². The predicted octanol–water partition coefficient (Wildman–Crippen LogP) is 3.66. The summed E-state index contributed by atoms with van der Waals surface area (Å²) in [6.45, 7) is 4.75. The molecule has 0 bridgehead atoms. The maximum atomic E-state index is 5.74. The highest BCUT2D eigenvalue weighted by Gasteiger charge is 2.27. The van der Waals surface area contributed by atoms with E-state index in [1.165, 1.54) is 29.7 Å². The molecule has 27 heavy (non-hydrogen) atoms. The van der Waals surface area contributed by atoms with Gasteiger partial charge in [-0.2, -0.15) is 0 Å². The summed E-state index contributed by atoms with van der Waals surface area (Å²) in [5, 5.41) is 0. The first-order valence-corrected chi connectivity index (χ1v) is 10.1. The molecular formula is C22H29N5. The van der Waals surface area contributed by atoms with Crippen LogP contribution in [0.4, 0.5) is 0 Å². The highest BCUT2D eigenvalue weighted by molar-refractivity contribution is 5.47. The lowest BCUT2D eigenvalue weighted by Gasteiger charge is -2.34. The summed E-state index contributed by atoms with van der Waals surface area (Å²) in [6, 6.07) is 8.87. The van der Waals surface area contributed by atoms with Gasteiger partial charge in [0.2, 0.25) is 0 Å². The van der Waals surface area contributed by atoms with Crippen molar-refractivity contribution >= 4 is 5.65 Å². The molecule has 5 heteroatoms. The van der Waals surface area contributed by atoms with Crippen LogP contribution >= 0.6 is 0 Å². The van der Waals surface area contributed by atoms with Gasteiger partial charge in [-0.05, 0) is 75.4 Å². The van der Waals surface area contributed by atoms with Crippen molar-refractivity contribution in [1.29, 1.82) is 0 Å². The number of aromatic nitrogens is 3. The number of imidazole rings is 1. The molecule has 0 saturated heterocycles. The minimum atomic E-state index is 0.374. The summed E-state index contributed by atoms with van der Waals surface area (Å²) >= 11 is 0. The first-order chi connectivity index (χ1) is 13.3. The van der Waals surface area contributed by atoms with Gasteiger partial charge in [0.15, 0.2) is 0 Å². The van der Waals surface area contributed by atoms with Gasteiger partial charge in [0.05, 0.1) is 17.4 Å². The molecule has 4 rings (SSSR count). The summed E-state index contributed by atoms with van der Waals surface area (Å²) in [5.74, 6) is 0. The van der Waals surface area contributed by atoms with Crippen molar-refractivity contribution in [1.82, 2.24) is 19.3 Å². The number of pyridine rings is 2. The van der Waals surface area contributed by atoms with Crippen LogP contribution in [0.15, 0.2) is 42.9 Å². The topological polar surface area (TPSA) is 59.5 Å². The number of nitrogens with two attached hydrogens (primary N) is 1. The van der Waals surface area contributed by atoms with Crippen molar-refractivity contribution in [2.24, 2.45) is 5.73 Å². The fourth-order valence-corrected chi connectivity index (χ4v) is 4.23. The lowest BCUT2D eigenvalue weighted by Crippen LogP contribution is -2.33. The summed E-state index contributed by atoms with van der Waals surface area (Å²) in [6.07, 6.45) is 11.9. The third-order valence-corrected chi connectivity index (χ3v) is 5.60. The van der Waals surface area contributed by atoms with E-state index in [0.717, 1.165) is 50.2 Å². The SMILES string of the molecule is Cc1cccn2cc(CN(CCCCN)C3CCCc4cccnc43)nc12. The number of aryl methyl sites for hydroxylation is 2. The van der Waals surface area contributed by atoms with Gasteiger partial charge in [-0.15, -0.1) is 0 Å². The Morgan fingerprint density at radius 2 is 2.19 bits per heavy atom. The molecule has 5 nitrogen and oxygen atoms in total. The second kappa shape index (κ2) is 8.19. The molecule has 3 heterocycles. The van der Waals surface area contributed by atoms with E-state index in [2.05, 4.69) is 52.9 Å². The number of unbranched alkanes of at least 4 members (excludes halogenated alkanes) is 1. The number of hydrogen-bond acceptors (Lipinski definition) is 4. The Balaban J connectivity index is 1.62. The maximum absolute atomic E-state index is 5.74. The van der Waals surface area contributed by atoms with Crippen molar-refractivity contribution in [3.63, 3.8) is 0 Å². The quantitative estimate of drug-likeness (QED) is 0.651. The van der Waals surface area contributed by atoms with Crippen LogP contribution in [-0.2, 0) is 13.0 Å². The Morgan fingerprint density at radius 3 is 3.04 bits per heavy atom. The molecule has 0 aliphatic heterocycles. The lowest BCUT2D eigenvalue weighted by molar-refractivity contribution is 0.161. The average molecular weight is 364 g/mol. The van der Waals surface area contributed by atoms with Gasteiger partial charge in [-0.1, -0.05) is 12.1 Å². The molecule has 0 amide bonds. The van der Waals surface area contributed by atoms with Crippen LogP contribution in [0.3, 0.4) is 0 Å². The molecule has 0 radical (unpaired) electrons. The van der Waals surface area contributed by atoms with E-state index >= 15 is 0 Å². The summed E-state index contributed by atoms with van der Waals surface area (Å²) in [7, 11) is 0. The lowest BCUT2D eigenvalue weighted by atomic mass is 9.90. The zero-order valence-electron chi connectivity index (χ0n) is 16.1. The first-order valence-electron chi connectivity index (χ1n) is 10.1. The van der Waals surface area contributed by atoms with Gasteiger partial charge in [0, 0.05) is 25.1 Å². The molecule has 142 valence electrons. The first kappa shape index (κ1) is 18.1. The largest absolute Gasteiger partial charge is 0.330 e. The molecule has 0 aromatic carbocycles. The molecule has 0 saturated carbocycles. The van der Waals surface area contributed by atoms with Crippen molar-refractivity contribution < 1.29 is 0 Å². The van der Waals surface area contributed by atoms with Crippen LogP contribution in [0.25, 0.3) is 5.65 Å². The fourth-order valence-electron chi connectivity index (χ4n) is 4.23. The minimum absolute atomic E-state index is 0.374. The predicted molar refractivity (Wildman–Crippen MR) is 109 cm³/mol. The molecule has 1 aliphatic rings. The van der Waals surface area contributed by atoms with Crippen LogP contribution in [0.1, 0.15) is 54.2 Å². The van der Waals surface area contributed by atoms with Gasteiger partial charge >= 0.3 is 0 Å². The zero-order chi connectivity index (χ0) is 18.6. The standard InChI is InChI=1S/C22H29N5/c1-17-7-6-14-27-16-19(25-22(17)27)15-26(13-3-2-11-23)20-10-4-8-18-9-5-12-24-21(18)20/h5-7,9,12,14,16,20H,2-4,8,10-11,13,15,23H2,1H3. The van der Waals surface area contributed by atoms with Gasteiger partial charge in [0.1, 0.15) is 5.65 Å². The molecule has 3 aromatic rings. The van der Waals surface area contributed by atoms with E-state index in [9.17, 15) is 0 Å². The van der Waals surface area contributed by atoms with Crippen molar-refractivity contribution in [3.05, 3.63) is 65.4 Å². The van der Waals surface area contributed by atoms with Crippen molar-refractivity contribution in [2.45, 2.75) is 51.6 Å². The van der Waals surface area contributed by atoms with E-state index in [-0.39, 0.29) is 0 Å². The van der Waals surface area contributed by atoms with Crippen molar-refractivity contribution in [3.8, 4) is 0 Å². The monoisotopic (exact) mass is 363 g/mol. The zero-order valence-corrected chi connectivity index (χ0v) is 16.1. The van der Waals surface area contributed by atoms with Crippen LogP contribution in [0, 0.1) is 6.92 Å². The Hall–Kier alpha value is -2.24. The van der Waals surface area contributed by atoms with Crippen LogP contribution in [0.2, 0.25) is 0 Å². The molecular weight excluding hydrogens is 334 g/mol. The minimum Gasteiger partial charge on any atom is -0.330 e. The van der Waals surface area contributed by atoms with E-state index in [1.807, 2.05) is 6.20 Å². The van der Waals surface area contributed by atoms with Crippen LogP contribution in [-0.4, -0.2) is 32.4 Å². The second-order valence-electron chi connectivity index (χ2n) is 7.58. The third-order valence-electron chi connectivity index (χ3n) is 5.60. The van der Waals surface area contributed by atoms with E-state index in [4.69, 9.17) is 15.7 Å². The highest BCUT2D eigenvalue weighted by atomic mass is 15.2. The van der Waals surface area contributed by atoms with Crippen LogP contribution < -0.4 is 5.73 Å². The summed E-state index contributed by atoms with van der Waals surface area (Å²) < 4.78 is 2.13. The van der Waals surface area contributed by atoms with Gasteiger partial charge < -0.3 is 10.1 Å². The second-order valence-corrected chi connectivity index (χ2v) is 7.58. The van der Waals surface area contributed by atoms with Gasteiger partial charge in [0.25, 0.3) is 0 Å². The van der Waals surface area contributed by atoms with Crippen molar-refractivity contribution in [2.75, 3.05) is 13.1 Å². The smallest absolute Gasteiger partial charge is 0.139 e.